The van der Waals surface area contributed by atoms with Crippen molar-refractivity contribution in [3.8, 4) is 5.75 Å². The average molecular weight is 393 g/mol. The van der Waals surface area contributed by atoms with Crippen molar-refractivity contribution in [1.29, 1.82) is 0 Å². The highest BCUT2D eigenvalue weighted by molar-refractivity contribution is 9.11. The van der Waals surface area contributed by atoms with Crippen LogP contribution in [0.3, 0.4) is 0 Å². The van der Waals surface area contributed by atoms with Crippen LogP contribution in [0.1, 0.15) is 39.2 Å². The van der Waals surface area contributed by atoms with E-state index in [0.29, 0.717) is 0 Å². The second-order valence-electron chi connectivity index (χ2n) is 5.05. The van der Waals surface area contributed by atoms with Crippen molar-refractivity contribution in [3.63, 3.8) is 0 Å². The fraction of sp³-hybridized carbons (Fsp3) is 0.600. The molecule has 1 aromatic carbocycles. The highest BCUT2D eigenvalue weighted by Gasteiger charge is 2.09. The van der Waals surface area contributed by atoms with Gasteiger partial charge in [0.25, 0.3) is 0 Å². The summed E-state index contributed by atoms with van der Waals surface area (Å²) in [5.74, 6) is 1.64. The first-order valence-corrected chi connectivity index (χ1v) is 8.44. The van der Waals surface area contributed by atoms with Crippen molar-refractivity contribution in [2.75, 3.05) is 13.2 Å². The van der Waals surface area contributed by atoms with Crippen LogP contribution in [-0.4, -0.2) is 13.2 Å². The highest BCUT2D eigenvalue weighted by atomic mass is 79.9. The fourth-order valence-corrected chi connectivity index (χ4v) is 3.30. The lowest BCUT2D eigenvalue weighted by Crippen LogP contribution is -2.11. The van der Waals surface area contributed by atoms with E-state index in [9.17, 15) is 0 Å². The van der Waals surface area contributed by atoms with Crippen LogP contribution in [0.25, 0.3) is 0 Å². The monoisotopic (exact) mass is 391 g/mol. The third-order valence-corrected chi connectivity index (χ3v) is 3.99. The van der Waals surface area contributed by atoms with E-state index in [1.54, 1.807) is 0 Å². The first-order chi connectivity index (χ1) is 9.04. The van der Waals surface area contributed by atoms with Gasteiger partial charge in [-0.3, -0.25) is 0 Å². The molecule has 0 saturated heterocycles. The molecular weight excluding hydrogens is 370 g/mol. The zero-order chi connectivity index (χ0) is 14.3. The van der Waals surface area contributed by atoms with Crippen LogP contribution in [0.4, 0.5) is 0 Å². The molecule has 108 valence electrons. The Morgan fingerprint density at radius 1 is 1.21 bits per heavy atom. The predicted molar refractivity (Wildman–Crippen MR) is 88.8 cm³/mol. The van der Waals surface area contributed by atoms with E-state index >= 15 is 0 Å². The largest absolute Gasteiger partial charge is 0.491 e. The van der Waals surface area contributed by atoms with E-state index in [4.69, 9.17) is 4.74 Å². The Bertz CT molecular complexity index is 371. The van der Waals surface area contributed by atoms with Crippen LogP contribution < -0.4 is 10.1 Å². The van der Waals surface area contributed by atoms with E-state index in [1.165, 1.54) is 12.0 Å². The zero-order valence-corrected chi connectivity index (χ0v) is 15.1. The second kappa shape index (κ2) is 8.98. The Morgan fingerprint density at radius 3 is 2.37 bits per heavy atom. The molecule has 0 heterocycles. The molecule has 0 aliphatic carbocycles. The van der Waals surface area contributed by atoms with E-state index in [0.717, 1.165) is 46.7 Å². The van der Waals surface area contributed by atoms with Crippen molar-refractivity contribution >= 4 is 31.9 Å². The minimum atomic E-state index is 0.734. The van der Waals surface area contributed by atoms with Gasteiger partial charge in [-0.1, -0.05) is 20.8 Å². The summed E-state index contributed by atoms with van der Waals surface area (Å²) in [5, 5.41) is 3.32. The highest BCUT2D eigenvalue weighted by Crippen LogP contribution is 2.35. The van der Waals surface area contributed by atoms with Crippen LogP contribution in [0, 0.1) is 5.92 Å². The normalized spacial score (nSPS) is 11.1. The van der Waals surface area contributed by atoms with Gasteiger partial charge in [0.05, 0.1) is 15.6 Å². The van der Waals surface area contributed by atoms with Gasteiger partial charge >= 0.3 is 0 Å². The van der Waals surface area contributed by atoms with Gasteiger partial charge in [-0.25, -0.2) is 0 Å². The minimum absolute atomic E-state index is 0.734. The molecule has 19 heavy (non-hydrogen) atoms. The smallest absolute Gasteiger partial charge is 0.147 e. The summed E-state index contributed by atoms with van der Waals surface area (Å²) in [7, 11) is 0. The third-order valence-electron chi connectivity index (χ3n) is 2.81. The van der Waals surface area contributed by atoms with Gasteiger partial charge in [0, 0.05) is 6.54 Å². The topological polar surface area (TPSA) is 21.3 Å². The van der Waals surface area contributed by atoms with Gasteiger partial charge in [-0.05, 0) is 74.9 Å². The van der Waals surface area contributed by atoms with E-state index in [-0.39, 0.29) is 0 Å². The lowest BCUT2D eigenvalue weighted by atomic mass is 10.1. The Balaban J connectivity index is 2.58. The number of halogens is 2. The van der Waals surface area contributed by atoms with E-state index in [2.05, 4.69) is 70.1 Å². The summed E-state index contributed by atoms with van der Waals surface area (Å²) in [6, 6.07) is 4.23. The summed E-state index contributed by atoms with van der Waals surface area (Å²) >= 11 is 7.18. The average Bonchev–Trinajstić information content (AvgIpc) is 2.34. The maximum absolute atomic E-state index is 5.86. The van der Waals surface area contributed by atoms with Gasteiger partial charge in [0.15, 0.2) is 0 Å². The van der Waals surface area contributed by atoms with Gasteiger partial charge < -0.3 is 10.1 Å². The molecule has 4 heteroatoms. The van der Waals surface area contributed by atoms with Crippen molar-refractivity contribution in [2.45, 2.75) is 40.2 Å². The first kappa shape index (κ1) is 17.0. The molecule has 1 rings (SSSR count). The van der Waals surface area contributed by atoms with E-state index < -0.39 is 0 Å². The maximum Gasteiger partial charge on any atom is 0.147 e. The molecule has 0 spiro atoms. The minimum Gasteiger partial charge on any atom is -0.491 e. The maximum atomic E-state index is 5.86. The summed E-state index contributed by atoms with van der Waals surface area (Å²) in [5.41, 5.74) is 1.25. The standard InChI is InChI=1S/C15H23Br2NO/c1-4-18-10-12-8-13(16)15(14(17)9-12)19-7-5-6-11(2)3/h8-9,11,18H,4-7,10H2,1-3H3. The van der Waals surface area contributed by atoms with Crippen molar-refractivity contribution in [1.82, 2.24) is 5.32 Å². The zero-order valence-electron chi connectivity index (χ0n) is 11.9. The number of hydrogen-bond acceptors (Lipinski definition) is 2. The molecule has 0 aliphatic rings. The van der Waals surface area contributed by atoms with Crippen LogP contribution >= 0.6 is 31.9 Å². The predicted octanol–water partition coefficient (Wildman–Crippen LogP) is 5.14. The van der Waals surface area contributed by atoms with Crippen LogP contribution in [0.5, 0.6) is 5.75 Å². The first-order valence-electron chi connectivity index (χ1n) is 6.86. The molecule has 2 nitrogen and oxygen atoms in total. The Hall–Kier alpha value is -0.0600. The SMILES string of the molecule is CCNCc1cc(Br)c(OCCCC(C)C)c(Br)c1. The van der Waals surface area contributed by atoms with Crippen LogP contribution in [0.15, 0.2) is 21.1 Å². The van der Waals surface area contributed by atoms with E-state index in [1.807, 2.05) is 0 Å². The van der Waals surface area contributed by atoms with Gasteiger partial charge in [-0.2, -0.15) is 0 Å². The van der Waals surface area contributed by atoms with Gasteiger partial charge in [0.1, 0.15) is 5.75 Å². The fourth-order valence-electron chi connectivity index (χ4n) is 1.79. The molecule has 0 aliphatic heterocycles. The molecule has 0 fully saturated rings. The molecule has 0 atom stereocenters. The number of rotatable bonds is 8. The summed E-state index contributed by atoms with van der Waals surface area (Å²) < 4.78 is 7.89. The Morgan fingerprint density at radius 2 is 1.84 bits per heavy atom. The third kappa shape index (κ3) is 6.28. The number of nitrogens with one attached hydrogen (secondary N) is 1. The lowest BCUT2D eigenvalue weighted by Gasteiger charge is -2.13. The molecule has 0 saturated carbocycles. The summed E-state index contributed by atoms with van der Waals surface area (Å²) in [6.07, 6.45) is 2.30. The molecule has 0 unspecified atom stereocenters. The lowest BCUT2D eigenvalue weighted by molar-refractivity contribution is 0.294. The Kier molecular flexibility index (Phi) is 8.03. The summed E-state index contributed by atoms with van der Waals surface area (Å²) in [4.78, 5) is 0. The molecule has 0 amide bonds. The molecule has 1 aromatic rings. The van der Waals surface area contributed by atoms with Crippen molar-refractivity contribution in [2.24, 2.45) is 5.92 Å². The van der Waals surface area contributed by atoms with Crippen molar-refractivity contribution < 1.29 is 4.74 Å². The number of hydrogen-bond donors (Lipinski definition) is 1. The molecular formula is C15H23Br2NO. The van der Waals surface area contributed by atoms with Gasteiger partial charge in [0.2, 0.25) is 0 Å². The van der Waals surface area contributed by atoms with Crippen molar-refractivity contribution in [3.05, 3.63) is 26.6 Å². The Labute approximate surface area is 133 Å². The molecule has 0 aromatic heterocycles. The van der Waals surface area contributed by atoms with Crippen LogP contribution in [-0.2, 0) is 6.54 Å². The molecule has 0 bridgehead atoms. The number of benzene rings is 1. The molecule has 0 radical (unpaired) electrons. The number of ether oxygens (including phenoxy) is 1. The molecule has 1 N–H and O–H groups in total. The quantitative estimate of drug-likeness (QED) is 0.618. The van der Waals surface area contributed by atoms with Gasteiger partial charge in [-0.15, -0.1) is 0 Å². The van der Waals surface area contributed by atoms with Crippen LogP contribution in [0.2, 0.25) is 0 Å². The summed E-state index contributed by atoms with van der Waals surface area (Å²) in [6.45, 7) is 9.20. The second-order valence-corrected chi connectivity index (χ2v) is 6.76.